The molecule has 29 heavy (non-hydrogen) atoms. The topological polar surface area (TPSA) is 3.01 Å². The van der Waals surface area contributed by atoms with Crippen molar-refractivity contribution in [3.63, 3.8) is 0 Å². The number of fused-ring (bicyclic) bond motifs is 3. The molecule has 1 aliphatic heterocycles. The fourth-order valence-corrected chi connectivity index (χ4v) is 4.49. The van der Waals surface area contributed by atoms with Gasteiger partial charge in [0, 0.05) is 0 Å². The Balaban J connectivity index is 1.88. The molecule has 0 saturated heterocycles. The van der Waals surface area contributed by atoms with Gasteiger partial charge in [0.25, 0.3) is 0 Å². The average Bonchev–Trinajstić information content (AvgIpc) is 2.63. The lowest BCUT2D eigenvalue weighted by Gasteiger charge is -2.27. The molecule has 1 heterocycles. The number of hydrogen-bond acceptors (Lipinski definition) is 0. The molecule has 0 unspecified atom stereocenters. The third-order valence-electron chi connectivity index (χ3n) is 5.89. The van der Waals surface area contributed by atoms with E-state index >= 15 is 0 Å². The van der Waals surface area contributed by atoms with E-state index in [2.05, 4.69) is 103 Å². The lowest BCUT2D eigenvalue weighted by atomic mass is 9.84. The number of nitrogens with zero attached hydrogens (tertiary/aromatic N) is 1. The molecule has 3 aromatic rings. The van der Waals surface area contributed by atoms with Crippen molar-refractivity contribution in [3.05, 3.63) is 93.7 Å². The molecule has 0 bridgehead atoms. The quantitative estimate of drug-likeness (QED) is 0.333. The van der Waals surface area contributed by atoms with Crippen LogP contribution in [0.2, 0.25) is 0 Å². The zero-order valence-electron chi connectivity index (χ0n) is 18.6. The van der Waals surface area contributed by atoms with Gasteiger partial charge in [0.05, 0.1) is 6.72 Å². The summed E-state index contributed by atoms with van der Waals surface area (Å²) in [6.07, 6.45) is 5.38. The fourth-order valence-electron chi connectivity index (χ4n) is 4.49. The number of hydrogen-bond donors (Lipinski definition) is 0. The third kappa shape index (κ3) is 3.62. The van der Waals surface area contributed by atoms with Crippen LogP contribution >= 0.6 is 0 Å². The van der Waals surface area contributed by atoms with E-state index in [4.69, 9.17) is 0 Å². The van der Waals surface area contributed by atoms with Crippen LogP contribution in [0.25, 0.3) is 16.8 Å². The zero-order chi connectivity index (χ0) is 20.9. The second kappa shape index (κ2) is 6.91. The first-order chi connectivity index (χ1) is 13.6. The first-order valence-corrected chi connectivity index (χ1v) is 10.4. The molecule has 1 nitrogen and oxygen atoms in total. The predicted molar refractivity (Wildman–Crippen MR) is 126 cm³/mol. The Bertz CT molecular complexity index is 1160. The Morgan fingerprint density at radius 1 is 0.931 bits per heavy atom. The van der Waals surface area contributed by atoms with E-state index in [1.54, 1.807) is 0 Å². The van der Waals surface area contributed by atoms with Crippen molar-refractivity contribution in [3.8, 4) is 0 Å². The Morgan fingerprint density at radius 3 is 2.41 bits per heavy atom. The highest BCUT2D eigenvalue weighted by molar-refractivity contribution is 5.93. The van der Waals surface area contributed by atoms with Crippen molar-refractivity contribution in [2.75, 3.05) is 0 Å². The summed E-state index contributed by atoms with van der Waals surface area (Å²) in [5.74, 6) is 0. The van der Waals surface area contributed by atoms with E-state index in [0.29, 0.717) is 0 Å². The van der Waals surface area contributed by atoms with Gasteiger partial charge in [-0.25, -0.2) is 4.58 Å². The summed E-state index contributed by atoms with van der Waals surface area (Å²) < 4.78 is 2.02. The summed E-state index contributed by atoms with van der Waals surface area (Å²) in [5.41, 5.74) is 9.44. The SMILES string of the molecule is C=[N+]1C=Cc2c(ccc3cc(CC(C)(C)C)ccc23)[C-]1c1cc(C)cc(C)c1C. The molecular formula is C28H31N. The smallest absolute Gasteiger partial charge is 0.159 e. The molecule has 0 fully saturated rings. The Labute approximate surface area is 175 Å². The Kier molecular flexibility index (Phi) is 4.65. The van der Waals surface area contributed by atoms with Gasteiger partial charge in [0.1, 0.15) is 6.20 Å². The third-order valence-corrected chi connectivity index (χ3v) is 5.89. The lowest BCUT2D eigenvalue weighted by Crippen LogP contribution is -2.20. The number of aryl methyl sites for hydroxylation is 2. The van der Waals surface area contributed by atoms with Gasteiger partial charge in [-0.2, -0.15) is 0 Å². The van der Waals surface area contributed by atoms with Crippen LogP contribution in [-0.4, -0.2) is 11.3 Å². The molecule has 0 amide bonds. The van der Waals surface area contributed by atoms with Crippen LogP contribution in [0, 0.1) is 32.2 Å². The maximum atomic E-state index is 4.30. The molecule has 0 aromatic heterocycles. The summed E-state index contributed by atoms with van der Waals surface area (Å²) in [6, 6.07) is 17.2. The van der Waals surface area contributed by atoms with Crippen molar-refractivity contribution >= 4 is 23.6 Å². The van der Waals surface area contributed by atoms with Crippen molar-refractivity contribution < 1.29 is 4.58 Å². The Hall–Kier alpha value is -2.80. The van der Waals surface area contributed by atoms with Crippen LogP contribution in [0.3, 0.4) is 0 Å². The van der Waals surface area contributed by atoms with E-state index in [1.807, 2.05) is 4.58 Å². The predicted octanol–water partition coefficient (Wildman–Crippen LogP) is 6.98. The van der Waals surface area contributed by atoms with Crippen LogP contribution in [0.5, 0.6) is 0 Å². The molecule has 0 saturated carbocycles. The summed E-state index contributed by atoms with van der Waals surface area (Å²) >= 11 is 0. The van der Waals surface area contributed by atoms with Gasteiger partial charge in [0.2, 0.25) is 0 Å². The van der Waals surface area contributed by atoms with Gasteiger partial charge < -0.3 is 0 Å². The first kappa shape index (κ1) is 19.5. The van der Waals surface area contributed by atoms with E-state index in [-0.39, 0.29) is 5.41 Å². The molecule has 0 N–H and O–H groups in total. The number of rotatable bonds is 2. The molecular weight excluding hydrogens is 350 g/mol. The van der Waals surface area contributed by atoms with Crippen LogP contribution in [0.4, 0.5) is 0 Å². The maximum Gasteiger partial charge on any atom is 0.159 e. The highest BCUT2D eigenvalue weighted by Crippen LogP contribution is 2.38. The molecule has 4 rings (SSSR count). The van der Waals surface area contributed by atoms with Crippen molar-refractivity contribution in [1.29, 1.82) is 0 Å². The summed E-state index contributed by atoms with van der Waals surface area (Å²) in [4.78, 5) is 0. The highest BCUT2D eigenvalue weighted by atomic mass is 15.0. The van der Waals surface area contributed by atoms with Gasteiger partial charge in [0.15, 0.2) is 6.04 Å². The molecule has 0 radical (unpaired) electrons. The minimum Gasteiger partial charge on any atom is -0.243 e. The average molecular weight is 382 g/mol. The van der Waals surface area contributed by atoms with Gasteiger partial charge in [-0.3, -0.25) is 0 Å². The van der Waals surface area contributed by atoms with E-state index in [9.17, 15) is 0 Å². The normalized spacial score (nSPS) is 13.9. The van der Waals surface area contributed by atoms with Crippen molar-refractivity contribution in [1.82, 2.24) is 0 Å². The second-order valence-electron chi connectivity index (χ2n) is 9.71. The molecule has 3 aromatic carbocycles. The van der Waals surface area contributed by atoms with Crippen LogP contribution in [0.15, 0.2) is 48.7 Å². The molecule has 1 heteroatoms. The van der Waals surface area contributed by atoms with Crippen molar-refractivity contribution in [2.24, 2.45) is 5.41 Å². The molecule has 0 atom stereocenters. The molecule has 1 aliphatic rings. The monoisotopic (exact) mass is 381 g/mol. The largest absolute Gasteiger partial charge is 0.243 e. The van der Waals surface area contributed by atoms with Crippen molar-refractivity contribution in [2.45, 2.75) is 48.0 Å². The first-order valence-electron chi connectivity index (χ1n) is 10.4. The zero-order valence-corrected chi connectivity index (χ0v) is 18.6. The molecule has 0 aliphatic carbocycles. The minimum atomic E-state index is 0.289. The standard InChI is InChI=1S/C28H31N/c1-18-14-19(2)20(3)26(15-18)27-25-11-9-22-16-21(17-28(4,5)6)8-10-23(22)24(25)12-13-29(27)7/h8-16H,7,17H2,1-6H3. The van der Waals surface area contributed by atoms with Crippen LogP contribution in [0.1, 0.15) is 59.7 Å². The minimum absolute atomic E-state index is 0.289. The Morgan fingerprint density at radius 2 is 1.69 bits per heavy atom. The highest BCUT2D eigenvalue weighted by Gasteiger charge is 2.26. The van der Waals surface area contributed by atoms with E-state index < -0.39 is 0 Å². The van der Waals surface area contributed by atoms with E-state index in [1.165, 1.54) is 55.8 Å². The van der Waals surface area contributed by atoms with Crippen LogP contribution in [-0.2, 0) is 6.42 Å². The second-order valence-corrected chi connectivity index (χ2v) is 9.71. The van der Waals surface area contributed by atoms with E-state index in [0.717, 1.165) is 6.42 Å². The van der Waals surface area contributed by atoms with Crippen LogP contribution < -0.4 is 0 Å². The van der Waals surface area contributed by atoms with Gasteiger partial charge >= 0.3 is 0 Å². The summed E-state index contributed by atoms with van der Waals surface area (Å²) in [6.45, 7) is 17.8. The van der Waals surface area contributed by atoms with Gasteiger partial charge in [-0.1, -0.05) is 86.8 Å². The maximum absolute atomic E-state index is 4.30. The van der Waals surface area contributed by atoms with Gasteiger partial charge in [-0.15, -0.1) is 0 Å². The lowest BCUT2D eigenvalue weighted by molar-refractivity contribution is -0.418. The molecule has 148 valence electrons. The van der Waals surface area contributed by atoms with Gasteiger partial charge in [-0.05, 0) is 64.8 Å². The summed E-state index contributed by atoms with van der Waals surface area (Å²) in [7, 11) is 0. The molecule has 0 spiro atoms. The fraction of sp³-hybridized carbons (Fsp3) is 0.286. The summed E-state index contributed by atoms with van der Waals surface area (Å²) in [5, 5.41) is 2.62. The number of benzene rings is 3.